The van der Waals surface area contributed by atoms with Crippen LogP contribution in [0.1, 0.15) is 48.7 Å². The van der Waals surface area contributed by atoms with Crippen LogP contribution in [0.3, 0.4) is 0 Å². The van der Waals surface area contributed by atoms with E-state index < -0.39 is 23.9 Å². The Bertz CT molecular complexity index is 1260. The third kappa shape index (κ3) is 4.88. The van der Waals surface area contributed by atoms with E-state index in [9.17, 15) is 23.8 Å². The standard InChI is InChI=1S/C26H29F2N5O4/c1-2-31-24-22(25(35)32(26(31)36)9-4-10-34)33(15-16-11-18(27)13-19(28)12-16)23(30-24)17-7-8-21(29-14-17)37-20-5-3-6-20/h7-8,11-14,20,26,34,36H,2-6,9-10,15H2,1H3. The predicted octanol–water partition coefficient (Wildman–Crippen LogP) is 3.14. The fourth-order valence-electron chi connectivity index (χ4n) is 4.64. The Labute approximate surface area is 212 Å². The number of anilines is 1. The Morgan fingerprint density at radius 3 is 2.49 bits per heavy atom. The monoisotopic (exact) mass is 513 g/mol. The lowest BCUT2D eigenvalue weighted by molar-refractivity contribution is -0.00104. The minimum absolute atomic E-state index is 0.0418. The molecule has 1 amide bonds. The zero-order valence-electron chi connectivity index (χ0n) is 20.5. The van der Waals surface area contributed by atoms with Crippen LogP contribution in [0.25, 0.3) is 11.4 Å². The van der Waals surface area contributed by atoms with Crippen LogP contribution >= 0.6 is 0 Å². The molecule has 0 saturated heterocycles. The van der Waals surface area contributed by atoms with Crippen LogP contribution < -0.4 is 9.64 Å². The topological polar surface area (TPSA) is 104 Å². The maximum atomic E-state index is 14.0. The van der Waals surface area contributed by atoms with Crippen molar-refractivity contribution in [2.24, 2.45) is 0 Å². The highest BCUT2D eigenvalue weighted by molar-refractivity contribution is 6.00. The molecule has 2 aliphatic rings. The van der Waals surface area contributed by atoms with Gasteiger partial charge in [-0.3, -0.25) is 9.69 Å². The van der Waals surface area contributed by atoms with Crippen LogP contribution in [0.5, 0.6) is 5.88 Å². The van der Waals surface area contributed by atoms with E-state index >= 15 is 0 Å². The molecule has 37 heavy (non-hydrogen) atoms. The molecule has 1 aliphatic carbocycles. The summed E-state index contributed by atoms with van der Waals surface area (Å²) in [7, 11) is 0. The Morgan fingerprint density at radius 2 is 1.89 bits per heavy atom. The largest absolute Gasteiger partial charge is 0.474 e. The van der Waals surface area contributed by atoms with Crippen molar-refractivity contribution in [2.45, 2.75) is 51.6 Å². The molecule has 11 heteroatoms. The number of aromatic nitrogens is 3. The zero-order chi connectivity index (χ0) is 26.1. The van der Waals surface area contributed by atoms with Crippen LogP contribution in [-0.4, -0.2) is 67.7 Å². The van der Waals surface area contributed by atoms with E-state index in [1.54, 1.807) is 27.8 Å². The number of amides is 1. The van der Waals surface area contributed by atoms with Crippen molar-refractivity contribution in [3.8, 4) is 17.3 Å². The minimum Gasteiger partial charge on any atom is -0.474 e. The third-order valence-corrected chi connectivity index (χ3v) is 6.74. The molecule has 1 unspecified atom stereocenters. The van der Waals surface area contributed by atoms with Crippen LogP contribution in [0.15, 0.2) is 36.5 Å². The second-order valence-corrected chi connectivity index (χ2v) is 9.24. The fourth-order valence-corrected chi connectivity index (χ4v) is 4.64. The smallest absolute Gasteiger partial charge is 0.277 e. The van der Waals surface area contributed by atoms with E-state index in [4.69, 9.17) is 9.72 Å². The quantitative estimate of drug-likeness (QED) is 0.453. The number of nitrogens with zero attached hydrogens (tertiary/aromatic N) is 5. The summed E-state index contributed by atoms with van der Waals surface area (Å²) in [5, 5.41) is 20.2. The summed E-state index contributed by atoms with van der Waals surface area (Å²) >= 11 is 0. The lowest BCUT2D eigenvalue weighted by Gasteiger charge is -2.40. The van der Waals surface area contributed by atoms with Gasteiger partial charge < -0.3 is 24.4 Å². The number of ether oxygens (including phenoxy) is 1. The Balaban J connectivity index is 1.60. The van der Waals surface area contributed by atoms with Crippen molar-refractivity contribution >= 4 is 11.7 Å². The van der Waals surface area contributed by atoms with Crippen LogP contribution in [0.2, 0.25) is 0 Å². The van der Waals surface area contributed by atoms with E-state index in [-0.39, 0.29) is 43.7 Å². The minimum atomic E-state index is -1.27. The first kappa shape index (κ1) is 25.1. The van der Waals surface area contributed by atoms with Gasteiger partial charge >= 0.3 is 0 Å². The molecule has 1 saturated carbocycles. The highest BCUT2D eigenvalue weighted by atomic mass is 19.1. The number of carbonyl (C=O) groups excluding carboxylic acids is 1. The van der Waals surface area contributed by atoms with Gasteiger partial charge in [-0.2, -0.15) is 0 Å². The van der Waals surface area contributed by atoms with Crippen LogP contribution in [-0.2, 0) is 6.54 Å². The van der Waals surface area contributed by atoms with Gasteiger partial charge in [0.15, 0.2) is 11.5 Å². The molecular weight excluding hydrogens is 484 g/mol. The highest BCUT2D eigenvalue weighted by Crippen LogP contribution is 2.35. The number of fused-ring (bicyclic) bond motifs is 1. The summed E-state index contributed by atoms with van der Waals surface area (Å²) in [6.45, 7) is 2.09. The number of carbonyl (C=O) groups is 1. The summed E-state index contributed by atoms with van der Waals surface area (Å²) in [6.07, 6.45) is 3.89. The van der Waals surface area contributed by atoms with Crippen molar-refractivity contribution in [3.63, 3.8) is 0 Å². The van der Waals surface area contributed by atoms with Gasteiger partial charge in [-0.15, -0.1) is 0 Å². The molecule has 0 bridgehead atoms. The fraction of sp³-hybridized carbons (Fsp3) is 0.423. The zero-order valence-corrected chi connectivity index (χ0v) is 20.5. The molecule has 1 aromatic carbocycles. The van der Waals surface area contributed by atoms with Crippen molar-refractivity contribution in [1.82, 2.24) is 19.4 Å². The van der Waals surface area contributed by atoms with Gasteiger partial charge in [0.2, 0.25) is 12.2 Å². The maximum Gasteiger partial charge on any atom is 0.277 e. The molecule has 1 aliphatic heterocycles. The van der Waals surface area contributed by atoms with E-state index in [2.05, 4.69) is 4.98 Å². The maximum absolute atomic E-state index is 14.0. The molecular formula is C26H29F2N5O4. The molecule has 3 heterocycles. The molecule has 9 nitrogen and oxygen atoms in total. The summed E-state index contributed by atoms with van der Waals surface area (Å²) in [4.78, 5) is 25.6. The average molecular weight is 514 g/mol. The van der Waals surface area contributed by atoms with Gasteiger partial charge in [0.1, 0.15) is 23.6 Å². The number of hydrogen-bond acceptors (Lipinski definition) is 7. The Morgan fingerprint density at radius 1 is 1.14 bits per heavy atom. The molecule has 1 atom stereocenters. The number of hydrogen-bond donors (Lipinski definition) is 2. The number of pyridine rings is 1. The predicted molar refractivity (Wildman–Crippen MR) is 131 cm³/mol. The molecule has 3 aromatic rings. The van der Waals surface area contributed by atoms with Gasteiger partial charge in [0, 0.05) is 43.6 Å². The molecule has 0 radical (unpaired) electrons. The van der Waals surface area contributed by atoms with Gasteiger partial charge in [-0.1, -0.05) is 0 Å². The number of benzene rings is 1. The van der Waals surface area contributed by atoms with E-state index in [0.717, 1.165) is 25.3 Å². The summed E-state index contributed by atoms with van der Waals surface area (Å²) in [5.41, 5.74) is 1.06. The average Bonchev–Trinajstić information content (AvgIpc) is 3.20. The first-order valence-electron chi connectivity index (χ1n) is 12.4. The number of aliphatic hydroxyl groups excluding tert-OH is 2. The summed E-state index contributed by atoms with van der Waals surface area (Å²) in [5.74, 6) is -0.839. The van der Waals surface area contributed by atoms with Gasteiger partial charge in [-0.25, -0.2) is 18.7 Å². The summed E-state index contributed by atoms with van der Waals surface area (Å²) < 4.78 is 35.5. The molecule has 2 aromatic heterocycles. The van der Waals surface area contributed by atoms with Gasteiger partial charge in [-0.05, 0) is 56.4 Å². The molecule has 1 fully saturated rings. The van der Waals surface area contributed by atoms with Gasteiger partial charge in [0.05, 0.1) is 6.54 Å². The first-order valence-corrected chi connectivity index (χ1v) is 12.4. The van der Waals surface area contributed by atoms with Crippen molar-refractivity contribution < 1.29 is 28.5 Å². The van der Waals surface area contributed by atoms with E-state index in [0.29, 0.717) is 29.4 Å². The normalized spacial score (nSPS) is 17.6. The van der Waals surface area contributed by atoms with Crippen molar-refractivity contribution in [1.29, 1.82) is 0 Å². The van der Waals surface area contributed by atoms with Crippen LogP contribution in [0, 0.1) is 11.6 Å². The summed E-state index contributed by atoms with van der Waals surface area (Å²) in [6, 6.07) is 6.70. The van der Waals surface area contributed by atoms with Crippen molar-refractivity contribution in [2.75, 3.05) is 24.6 Å². The molecule has 0 spiro atoms. The Hall–Kier alpha value is -3.57. The molecule has 2 N–H and O–H groups in total. The SMILES string of the molecule is CCN1c2nc(-c3ccc(OC4CCC4)nc3)n(Cc3cc(F)cc(F)c3)c2C(=O)N(CCCO)C1O. The van der Waals surface area contributed by atoms with E-state index in [1.165, 1.54) is 17.0 Å². The molecule has 196 valence electrons. The second-order valence-electron chi connectivity index (χ2n) is 9.24. The number of rotatable bonds is 9. The first-order chi connectivity index (χ1) is 17.9. The van der Waals surface area contributed by atoms with E-state index in [1.807, 2.05) is 6.92 Å². The molecule has 5 rings (SSSR count). The Kier molecular flexibility index (Phi) is 7.07. The second kappa shape index (κ2) is 10.4. The lowest BCUT2D eigenvalue weighted by Crippen LogP contribution is -2.56. The highest BCUT2D eigenvalue weighted by Gasteiger charge is 2.40. The number of imidazole rings is 1. The van der Waals surface area contributed by atoms with Crippen molar-refractivity contribution in [3.05, 3.63) is 59.4 Å². The third-order valence-electron chi connectivity index (χ3n) is 6.74. The number of halogens is 2. The lowest BCUT2D eigenvalue weighted by atomic mass is 9.96. The van der Waals surface area contributed by atoms with Crippen LogP contribution in [0.4, 0.5) is 14.6 Å². The number of aliphatic hydroxyl groups is 2. The van der Waals surface area contributed by atoms with Gasteiger partial charge in [0.25, 0.3) is 5.91 Å².